The summed E-state index contributed by atoms with van der Waals surface area (Å²) in [5, 5.41) is 0. The molecule has 0 spiro atoms. The molecule has 0 amide bonds. The van der Waals surface area contributed by atoms with E-state index in [0.717, 1.165) is 11.8 Å². The molecule has 0 atom stereocenters. The van der Waals surface area contributed by atoms with Gasteiger partial charge in [0.25, 0.3) is 0 Å². The molecule has 72 valence electrons. The molecule has 1 aromatic carbocycles. The molecule has 0 aliphatic carbocycles. The Morgan fingerprint density at radius 1 is 1.08 bits per heavy atom. The molecule has 0 aromatic heterocycles. The average Bonchev–Trinajstić information content (AvgIpc) is 2.20. The Hall–Kier alpha value is -1.11. The summed E-state index contributed by atoms with van der Waals surface area (Å²) in [4.78, 5) is 9.97. The molecule has 0 bridgehead atoms. The van der Waals surface area contributed by atoms with E-state index >= 15 is 0 Å². The van der Waals surface area contributed by atoms with Gasteiger partial charge in [-0.15, -0.1) is 0 Å². The van der Waals surface area contributed by atoms with E-state index in [1.807, 2.05) is 30.3 Å². The molecular formula is C12H18O. The van der Waals surface area contributed by atoms with Crippen LogP contribution < -0.4 is 0 Å². The number of carbonyl (C=O) groups is 1. The summed E-state index contributed by atoms with van der Waals surface area (Å²) in [5.74, 6) is 0. The Morgan fingerprint density at radius 3 is 2.00 bits per heavy atom. The molecule has 0 fully saturated rings. The first-order chi connectivity index (χ1) is 6.35. The number of aldehydes is 1. The van der Waals surface area contributed by atoms with Crippen LogP contribution in [0.4, 0.5) is 0 Å². The average molecular weight is 178 g/mol. The maximum absolute atomic E-state index is 9.97. The zero-order chi connectivity index (χ0) is 9.94. The molecule has 0 aliphatic heterocycles. The fraction of sp³-hybridized carbons (Fsp3) is 0.417. The van der Waals surface area contributed by atoms with Gasteiger partial charge in [0.2, 0.25) is 0 Å². The van der Waals surface area contributed by atoms with Crippen LogP contribution in [0.25, 0.3) is 0 Å². The van der Waals surface area contributed by atoms with Gasteiger partial charge < -0.3 is 4.79 Å². The third-order valence-corrected chi connectivity index (χ3v) is 1.66. The van der Waals surface area contributed by atoms with E-state index in [-0.39, 0.29) is 0 Å². The Balaban J connectivity index is 0.000000310. The fourth-order valence-corrected chi connectivity index (χ4v) is 0.710. The van der Waals surface area contributed by atoms with Gasteiger partial charge in [-0.3, -0.25) is 0 Å². The lowest BCUT2D eigenvalue weighted by Gasteiger charge is -1.89. The van der Waals surface area contributed by atoms with Crippen LogP contribution in [0.5, 0.6) is 0 Å². The van der Waals surface area contributed by atoms with Crippen molar-refractivity contribution in [3.63, 3.8) is 0 Å². The van der Waals surface area contributed by atoms with Crippen molar-refractivity contribution < 1.29 is 4.79 Å². The Labute approximate surface area is 80.8 Å². The van der Waals surface area contributed by atoms with Crippen LogP contribution in [0, 0.1) is 0 Å². The summed E-state index contributed by atoms with van der Waals surface area (Å²) in [5.41, 5.74) is 1.08. The SMILES string of the molecule is CCCC.O=CCc1ccccc1. The van der Waals surface area contributed by atoms with Crippen molar-refractivity contribution in [2.75, 3.05) is 0 Å². The predicted octanol–water partition coefficient (Wildman–Crippen LogP) is 3.23. The molecule has 1 aromatic rings. The van der Waals surface area contributed by atoms with Crippen molar-refractivity contribution in [2.24, 2.45) is 0 Å². The van der Waals surface area contributed by atoms with Gasteiger partial charge in [-0.2, -0.15) is 0 Å². The number of hydrogen-bond donors (Lipinski definition) is 0. The van der Waals surface area contributed by atoms with Gasteiger partial charge in [0, 0.05) is 6.42 Å². The van der Waals surface area contributed by atoms with Gasteiger partial charge in [0.05, 0.1) is 0 Å². The number of unbranched alkanes of at least 4 members (excludes halogenated alkanes) is 1. The Kier molecular flexibility index (Phi) is 8.21. The van der Waals surface area contributed by atoms with E-state index in [0.29, 0.717) is 6.42 Å². The van der Waals surface area contributed by atoms with E-state index < -0.39 is 0 Å². The third kappa shape index (κ3) is 7.26. The highest BCUT2D eigenvalue weighted by Crippen LogP contribution is 1.96. The molecule has 0 radical (unpaired) electrons. The maximum Gasteiger partial charge on any atom is 0.124 e. The largest absolute Gasteiger partial charge is 0.303 e. The summed E-state index contributed by atoms with van der Waals surface area (Å²) in [6.45, 7) is 4.36. The van der Waals surface area contributed by atoms with Crippen LogP contribution in [-0.2, 0) is 11.2 Å². The summed E-state index contributed by atoms with van der Waals surface area (Å²) in [6, 6.07) is 9.68. The van der Waals surface area contributed by atoms with Gasteiger partial charge in [-0.25, -0.2) is 0 Å². The minimum atomic E-state index is 0.529. The van der Waals surface area contributed by atoms with Crippen molar-refractivity contribution in [1.29, 1.82) is 0 Å². The highest BCUT2D eigenvalue weighted by Gasteiger charge is 1.84. The van der Waals surface area contributed by atoms with Gasteiger partial charge in [-0.05, 0) is 5.56 Å². The van der Waals surface area contributed by atoms with Crippen LogP contribution in [0.15, 0.2) is 30.3 Å². The zero-order valence-corrected chi connectivity index (χ0v) is 8.49. The number of rotatable bonds is 3. The highest BCUT2D eigenvalue weighted by molar-refractivity contribution is 5.54. The van der Waals surface area contributed by atoms with Crippen molar-refractivity contribution in [2.45, 2.75) is 33.1 Å². The highest BCUT2D eigenvalue weighted by atomic mass is 16.1. The maximum atomic E-state index is 9.97. The number of hydrogen-bond acceptors (Lipinski definition) is 1. The molecule has 13 heavy (non-hydrogen) atoms. The lowest BCUT2D eigenvalue weighted by atomic mass is 10.2. The van der Waals surface area contributed by atoms with Crippen LogP contribution in [0.1, 0.15) is 32.3 Å². The number of benzene rings is 1. The topological polar surface area (TPSA) is 17.1 Å². The van der Waals surface area contributed by atoms with Gasteiger partial charge >= 0.3 is 0 Å². The summed E-state index contributed by atoms with van der Waals surface area (Å²) < 4.78 is 0. The minimum Gasteiger partial charge on any atom is -0.303 e. The molecule has 0 saturated heterocycles. The molecule has 0 unspecified atom stereocenters. The van der Waals surface area contributed by atoms with E-state index in [4.69, 9.17) is 0 Å². The van der Waals surface area contributed by atoms with Crippen LogP contribution >= 0.6 is 0 Å². The molecule has 0 N–H and O–H groups in total. The standard InChI is InChI=1S/C8H8O.C4H10/c9-7-6-8-4-2-1-3-5-8;1-3-4-2/h1-5,7H,6H2;3-4H2,1-2H3. The van der Waals surface area contributed by atoms with Crippen LogP contribution in [-0.4, -0.2) is 6.29 Å². The zero-order valence-electron chi connectivity index (χ0n) is 8.49. The molecule has 1 rings (SSSR count). The second-order valence-electron chi connectivity index (χ2n) is 2.86. The second-order valence-corrected chi connectivity index (χ2v) is 2.86. The summed E-state index contributed by atoms with van der Waals surface area (Å²) in [6.07, 6.45) is 4.08. The molecular weight excluding hydrogens is 160 g/mol. The minimum absolute atomic E-state index is 0.529. The van der Waals surface area contributed by atoms with Crippen LogP contribution in [0.2, 0.25) is 0 Å². The van der Waals surface area contributed by atoms with Crippen molar-refractivity contribution >= 4 is 6.29 Å². The van der Waals surface area contributed by atoms with Gasteiger partial charge in [0.15, 0.2) is 0 Å². The van der Waals surface area contributed by atoms with E-state index in [1.165, 1.54) is 12.8 Å². The van der Waals surface area contributed by atoms with Gasteiger partial charge in [-0.1, -0.05) is 57.0 Å². The monoisotopic (exact) mass is 178 g/mol. The molecule has 0 saturated carbocycles. The second kappa shape index (κ2) is 8.98. The first-order valence-corrected chi connectivity index (χ1v) is 4.82. The first-order valence-electron chi connectivity index (χ1n) is 4.82. The smallest absolute Gasteiger partial charge is 0.124 e. The van der Waals surface area contributed by atoms with E-state index in [1.54, 1.807) is 0 Å². The quantitative estimate of drug-likeness (QED) is 0.649. The van der Waals surface area contributed by atoms with E-state index in [9.17, 15) is 4.79 Å². The van der Waals surface area contributed by atoms with Gasteiger partial charge in [0.1, 0.15) is 6.29 Å². The molecule has 0 heterocycles. The Morgan fingerprint density at radius 2 is 1.62 bits per heavy atom. The predicted molar refractivity (Wildman–Crippen MR) is 56.8 cm³/mol. The molecule has 1 heteroatoms. The third-order valence-electron chi connectivity index (χ3n) is 1.66. The first kappa shape index (κ1) is 11.9. The summed E-state index contributed by atoms with van der Waals surface area (Å²) >= 11 is 0. The fourth-order valence-electron chi connectivity index (χ4n) is 0.710. The van der Waals surface area contributed by atoms with Crippen molar-refractivity contribution in [3.8, 4) is 0 Å². The van der Waals surface area contributed by atoms with Crippen molar-refractivity contribution in [3.05, 3.63) is 35.9 Å². The van der Waals surface area contributed by atoms with Crippen molar-refractivity contribution in [1.82, 2.24) is 0 Å². The molecule has 1 nitrogen and oxygen atoms in total. The lowest BCUT2D eigenvalue weighted by molar-refractivity contribution is -0.107. The Bertz CT molecular complexity index is 202. The van der Waals surface area contributed by atoms with E-state index in [2.05, 4.69) is 13.8 Å². The summed E-state index contributed by atoms with van der Waals surface area (Å²) in [7, 11) is 0. The molecule has 0 aliphatic rings. The lowest BCUT2D eigenvalue weighted by Crippen LogP contribution is -1.82. The normalized spacial score (nSPS) is 8.46. The van der Waals surface area contributed by atoms with Crippen LogP contribution in [0.3, 0.4) is 0 Å². The number of carbonyl (C=O) groups excluding carboxylic acids is 1.